The highest BCUT2D eigenvalue weighted by molar-refractivity contribution is 6.53. The lowest BCUT2D eigenvalue weighted by molar-refractivity contribution is -0.128. The summed E-state index contributed by atoms with van der Waals surface area (Å²) in [5.74, 6) is 0.366. The van der Waals surface area contributed by atoms with Gasteiger partial charge in [-0.25, -0.2) is 4.98 Å². The van der Waals surface area contributed by atoms with Crippen molar-refractivity contribution >= 4 is 40.1 Å². The molecule has 1 heterocycles. The number of imidazole rings is 1. The van der Waals surface area contributed by atoms with Crippen LogP contribution < -0.4 is 0 Å². The number of H-pyrrole nitrogens is 1. The number of aromatic nitrogens is 2. The van der Waals surface area contributed by atoms with Crippen LogP contribution in [-0.2, 0) is 11.3 Å². The zero-order valence-corrected chi connectivity index (χ0v) is 10.7. The van der Waals surface area contributed by atoms with Gasteiger partial charge in [-0.05, 0) is 12.1 Å². The first kappa shape index (κ1) is 12.2. The smallest absolute Gasteiger partial charge is 0.256 e. The van der Waals surface area contributed by atoms with E-state index in [9.17, 15) is 4.79 Å². The molecule has 2 aromatic rings. The Morgan fingerprint density at radius 1 is 1.47 bits per heavy atom. The number of fused-ring (bicyclic) bond motifs is 1. The van der Waals surface area contributed by atoms with E-state index in [1.165, 1.54) is 4.90 Å². The SMILES string of the molecule is CN(Cc1nc2ccccc2[nH]1)C(=O)C(Cl)Cl. The monoisotopic (exact) mass is 271 g/mol. The molecule has 2 rings (SSSR count). The summed E-state index contributed by atoms with van der Waals surface area (Å²) >= 11 is 11.0. The number of hydrogen-bond donors (Lipinski definition) is 1. The second-order valence-corrected chi connectivity index (χ2v) is 4.79. The summed E-state index contributed by atoms with van der Waals surface area (Å²) in [5.41, 5.74) is 1.81. The van der Waals surface area contributed by atoms with Crippen LogP contribution in [0.1, 0.15) is 5.82 Å². The average molecular weight is 272 g/mol. The quantitative estimate of drug-likeness (QED) is 0.872. The second-order valence-electron chi connectivity index (χ2n) is 3.70. The van der Waals surface area contributed by atoms with Crippen molar-refractivity contribution in [3.63, 3.8) is 0 Å². The predicted molar refractivity (Wildman–Crippen MR) is 68.1 cm³/mol. The van der Waals surface area contributed by atoms with Gasteiger partial charge in [0, 0.05) is 7.05 Å². The molecule has 0 aliphatic rings. The Morgan fingerprint density at radius 2 is 2.18 bits per heavy atom. The van der Waals surface area contributed by atoms with Gasteiger partial charge in [0.2, 0.25) is 0 Å². The standard InChI is InChI=1S/C11H11Cl2N3O/c1-16(11(17)10(12)13)6-9-14-7-4-2-3-5-8(7)15-9/h2-5,10H,6H2,1H3,(H,14,15). The summed E-state index contributed by atoms with van der Waals surface area (Å²) < 4.78 is 0. The molecule has 1 aromatic carbocycles. The van der Waals surface area contributed by atoms with Crippen LogP contribution in [0.4, 0.5) is 0 Å². The van der Waals surface area contributed by atoms with Crippen molar-refractivity contribution in [3.8, 4) is 0 Å². The Bertz CT molecular complexity index is 505. The number of alkyl halides is 2. The molecule has 1 amide bonds. The van der Waals surface area contributed by atoms with Crippen molar-refractivity contribution in [1.29, 1.82) is 0 Å². The number of amides is 1. The van der Waals surface area contributed by atoms with E-state index >= 15 is 0 Å². The number of halogens is 2. The first-order valence-electron chi connectivity index (χ1n) is 5.04. The van der Waals surface area contributed by atoms with Crippen LogP contribution in [0, 0.1) is 0 Å². The number of para-hydroxylation sites is 2. The molecule has 90 valence electrons. The van der Waals surface area contributed by atoms with Crippen molar-refractivity contribution in [1.82, 2.24) is 14.9 Å². The van der Waals surface area contributed by atoms with Crippen molar-refractivity contribution in [2.75, 3.05) is 7.05 Å². The fourth-order valence-corrected chi connectivity index (χ4v) is 1.88. The minimum Gasteiger partial charge on any atom is -0.340 e. The van der Waals surface area contributed by atoms with Crippen molar-refractivity contribution in [2.24, 2.45) is 0 Å². The molecule has 17 heavy (non-hydrogen) atoms. The van der Waals surface area contributed by atoms with Crippen LogP contribution in [0.15, 0.2) is 24.3 Å². The lowest BCUT2D eigenvalue weighted by Gasteiger charge is -2.15. The molecule has 0 aliphatic heterocycles. The number of benzene rings is 1. The number of hydrogen-bond acceptors (Lipinski definition) is 2. The van der Waals surface area contributed by atoms with E-state index in [1.54, 1.807) is 7.05 Å². The van der Waals surface area contributed by atoms with Crippen LogP contribution in [0.2, 0.25) is 0 Å². The summed E-state index contributed by atoms with van der Waals surface area (Å²) in [6, 6.07) is 7.67. The topological polar surface area (TPSA) is 49.0 Å². The molecule has 0 spiro atoms. The van der Waals surface area contributed by atoms with Gasteiger partial charge in [-0.2, -0.15) is 0 Å². The number of rotatable bonds is 3. The van der Waals surface area contributed by atoms with Crippen molar-refractivity contribution in [2.45, 2.75) is 11.4 Å². The molecule has 0 unspecified atom stereocenters. The predicted octanol–water partition coefficient (Wildman–Crippen LogP) is 2.33. The van der Waals surface area contributed by atoms with Gasteiger partial charge in [-0.15, -0.1) is 0 Å². The van der Waals surface area contributed by atoms with Gasteiger partial charge in [0.05, 0.1) is 17.6 Å². The van der Waals surface area contributed by atoms with Gasteiger partial charge < -0.3 is 9.88 Å². The van der Waals surface area contributed by atoms with Crippen molar-refractivity contribution < 1.29 is 4.79 Å². The molecule has 1 aromatic heterocycles. The molecule has 0 saturated carbocycles. The molecular weight excluding hydrogens is 261 g/mol. The Kier molecular flexibility index (Phi) is 3.54. The third kappa shape index (κ3) is 2.70. The maximum Gasteiger partial charge on any atom is 0.256 e. The molecule has 0 radical (unpaired) electrons. The first-order valence-corrected chi connectivity index (χ1v) is 5.92. The van der Waals surface area contributed by atoms with Gasteiger partial charge in [0.15, 0.2) is 4.84 Å². The van der Waals surface area contributed by atoms with Crippen LogP contribution in [0.3, 0.4) is 0 Å². The summed E-state index contributed by atoms with van der Waals surface area (Å²) in [4.78, 5) is 19.4. The van der Waals surface area contributed by atoms with E-state index in [0.29, 0.717) is 12.4 Å². The normalized spacial score (nSPS) is 11.1. The fourth-order valence-electron chi connectivity index (χ4n) is 1.55. The molecule has 1 N–H and O–H groups in total. The summed E-state index contributed by atoms with van der Waals surface area (Å²) in [7, 11) is 1.63. The van der Waals surface area contributed by atoms with E-state index < -0.39 is 4.84 Å². The molecule has 0 bridgehead atoms. The highest BCUT2D eigenvalue weighted by Gasteiger charge is 2.17. The van der Waals surface area contributed by atoms with Crippen molar-refractivity contribution in [3.05, 3.63) is 30.1 Å². The molecule has 0 aliphatic carbocycles. The Balaban J connectivity index is 2.16. The van der Waals surface area contributed by atoms with Crippen LogP contribution in [0.25, 0.3) is 11.0 Å². The summed E-state index contributed by atoms with van der Waals surface area (Å²) in [5, 5.41) is 0. The lowest BCUT2D eigenvalue weighted by Crippen LogP contribution is -2.31. The molecule has 0 atom stereocenters. The van der Waals surface area contributed by atoms with Gasteiger partial charge in [-0.3, -0.25) is 4.79 Å². The average Bonchev–Trinajstić information content (AvgIpc) is 2.69. The fraction of sp³-hybridized carbons (Fsp3) is 0.273. The molecule has 4 nitrogen and oxygen atoms in total. The minimum atomic E-state index is -1.04. The first-order chi connectivity index (χ1) is 8.08. The Morgan fingerprint density at radius 3 is 2.82 bits per heavy atom. The maximum atomic E-state index is 11.5. The van der Waals surface area contributed by atoms with Gasteiger partial charge in [-0.1, -0.05) is 35.3 Å². The van der Waals surface area contributed by atoms with Gasteiger partial charge in [0.1, 0.15) is 5.82 Å². The van der Waals surface area contributed by atoms with Gasteiger partial charge in [0.25, 0.3) is 5.91 Å². The number of carbonyl (C=O) groups is 1. The van der Waals surface area contributed by atoms with E-state index in [2.05, 4.69) is 9.97 Å². The van der Waals surface area contributed by atoms with E-state index in [1.807, 2.05) is 24.3 Å². The van der Waals surface area contributed by atoms with Crippen LogP contribution in [0.5, 0.6) is 0 Å². The highest BCUT2D eigenvalue weighted by atomic mass is 35.5. The van der Waals surface area contributed by atoms with Gasteiger partial charge >= 0.3 is 0 Å². The highest BCUT2D eigenvalue weighted by Crippen LogP contribution is 2.13. The number of aromatic amines is 1. The van der Waals surface area contributed by atoms with Crippen LogP contribution >= 0.6 is 23.2 Å². The number of carbonyl (C=O) groups excluding carboxylic acids is 1. The zero-order chi connectivity index (χ0) is 12.4. The molecular formula is C11H11Cl2N3O. The van der Waals surface area contributed by atoms with E-state index in [0.717, 1.165) is 11.0 Å². The third-order valence-corrected chi connectivity index (χ3v) is 2.76. The number of nitrogens with one attached hydrogen (secondary N) is 1. The lowest BCUT2D eigenvalue weighted by atomic mass is 10.3. The third-order valence-electron chi connectivity index (χ3n) is 2.39. The van der Waals surface area contributed by atoms with E-state index in [-0.39, 0.29) is 5.91 Å². The molecule has 6 heteroatoms. The maximum absolute atomic E-state index is 11.5. The summed E-state index contributed by atoms with van der Waals surface area (Å²) in [6.07, 6.45) is 0. The largest absolute Gasteiger partial charge is 0.340 e. The Hall–Kier alpha value is -1.26. The molecule has 0 saturated heterocycles. The zero-order valence-electron chi connectivity index (χ0n) is 9.15. The molecule has 0 fully saturated rings. The van der Waals surface area contributed by atoms with Crippen LogP contribution in [-0.4, -0.2) is 32.7 Å². The minimum absolute atomic E-state index is 0.339. The number of nitrogens with zero attached hydrogens (tertiary/aromatic N) is 2. The second kappa shape index (κ2) is 4.94. The summed E-state index contributed by atoms with van der Waals surface area (Å²) in [6.45, 7) is 0.351. The Labute approximate surface area is 109 Å². The van der Waals surface area contributed by atoms with E-state index in [4.69, 9.17) is 23.2 Å².